The van der Waals surface area contributed by atoms with E-state index < -0.39 is 30.5 Å². The Morgan fingerprint density at radius 1 is 1.18 bits per heavy atom. The molecule has 9 heteroatoms. The highest BCUT2D eigenvalue weighted by Gasteiger charge is 2.27. The largest absolute Gasteiger partial charge is 0.377 e. The van der Waals surface area contributed by atoms with Crippen LogP contribution < -0.4 is 5.32 Å². The van der Waals surface area contributed by atoms with Crippen molar-refractivity contribution >= 4 is 17.2 Å². The van der Waals surface area contributed by atoms with E-state index in [0.29, 0.717) is 5.71 Å². The molecule has 0 aliphatic carbocycles. The lowest BCUT2D eigenvalue weighted by atomic mass is 9.99. The van der Waals surface area contributed by atoms with Gasteiger partial charge in [0.15, 0.2) is 0 Å². The van der Waals surface area contributed by atoms with Crippen molar-refractivity contribution in [3.8, 4) is 0 Å². The zero-order valence-corrected chi connectivity index (χ0v) is 18.4. The number of nitrogens with zero attached hydrogens (tertiary/aromatic N) is 3. The number of nitrogens with one attached hydrogen (secondary N) is 1. The number of rotatable bonds is 9. The highest BCUT2D eigenvalue weighted by molar-refractivity contribution is 6.19. The lowest BCUT2D eigenvalue weighted by Gasteiger charge is -2.25. The molecule has 1 amide bonds. The summed E-state index contributed by atoms with van der Waals surface area (Å²) in [7, 11) is 1.36. The molecule has 1 aliphatic heterocycles. The summed E-state index contributed by atoms with van der Waals surface area (Å²) in [6.07, 6.45) is 4.03. The van der Waals surface area contributed by atoms with Crippen molar-refractivity contribution in [2.75, 3.05) is 20.3 Å². The van der Waals surface area contributed by atoms with Gasteiger partial charge in [-0.25, -0.2) is 13.2 Å². The van der Waals surface area contributed by atoms with Gasteiger partial charge in [0.25, 0.3) is 5.91 Å². The highest BCUT2D eigenvalue weighted by Crippen LogP contribution is 2.25. The van der Waals surface area contributed by atoms with Crippen LogP contribution in [0.3, 0.4) is 0 Å². The van der Waals surface area contributed by atoms with E-state index in [-0.39, 0.29) is 30.0 Å². The van der Waals surface area contributed by atoms with Crippen molar-refractivity contribution < 1.29 is 22.7 Å². The first-order valence-corrected chi connectivity index (χ1v) is 10.7. The molecular formula is C25H23F3N4O2. The molecular weight excluding hydrogens is 445 g/mol. The molecule has 0 bridgehead atoms. The topological polar surface area (TPSA) is 68.5 Å². The molecule has 4 rings (SSSR count). The van der Waals surface area contributed by atoms with Gasteiger partial charge in [-0.15, -0.1) is 0 Å². The Hall–Kier alpha value is -3.72. The number of amides is 1. The van der Waals surface area contributed by atoms with Crippen LogP contribution in [0.1, 0.15) is 21.5 Å². The SMILES string of the molecule is CO[C@H](CF)[C@@H](Cn1cccn1)NC(=O)c1cccc(F)c1C1=NCC(c2ccc(F)cc2)=C1. The summed E-state index contributed by atoms with van der Waals surface area (Å²) in [5, 5.41) is 6.87. The van der Waals surface area contributed by atoms with E-state index in [0.717, 1.165) is 11.1 Å². The van der Waals surface area contributed by atoms with E-state index in [1.165, 1.54) is 37.4 Å². The van der Waals surface area contributed by atoms with Crippen molar-refractivity contribution in [3.63, 3.8) is 0 Å². The van der Waals surface area contributed by atoms with E-state index in [1.807, 2.05) is 0 Å². The number of hydrogen-bond acceptors (Lipinski definition) is 4. The fraction of sp³-hybridized carbons (Fsp3) is 0.240. The summed E-state index contributed by atoms with van der Waals surface area (Å²) < 4.78 is 48.6. The first-order chi connectivity index (χ1) is 16.5. The molecule has 0 fully saturated rings. The minimum atomic E-state index is -0.918. The number of aliphatic imine (C=N–C) groups is 1. The standard InChI is InChI=1S/C25H23F3N4O2/c1-34-23(13-26)22(15-32-11-3-10-30-32)31-25(33)19-4-2-5-20(28)24(19)21-12-17(14-29-21)16-6-8-18(27)9-7-16/h2-12,22-23H,13-15H2,1H3,(H,31,33)/t22-,23-/m1/s1. The molecule has 0 saturated heterocycles. The van der Waals surface area contributed by atoms with Crippen LogP contribution in [0.5, 0.6) is 0 Å². The molecule has 1 aliphatic rings. The molecule has 0 radical (unpaired) electrons. The Bertz CT molecular complexity index is 1200. The number of carbonyl (C=O) groups is 1. The monoisotopic (exact) mass is 468 g/mol. The van der Waals surface area contributed by atoms with E-state index >= 15 is 0 Å². The lowest BCUT2D eigenvalue weighted by Crippen LogP contribution is -2.48. The number of benzene rings is 2. The third-order valence-electron chi connectivity index (χ3n) is 5.62. The minimum Gasteiger partial charge on any atom is -0.377 e. The second-order valence-electron chi connectivity index (χ2n) is 7.78. The van der Waals surface area contributed by atoms with Crippen molar-refractivity contribution in [3.05, 3.63) is 95.3 Å². The molecule has 6 nitrogen and oxygen atoms in total. The number of alkyl halides is 1. The predicted molar refractivity (Wildman–Crippen MR) is 122 cm³/mol. The number of hydrogen-bond donors (Lipinski definition) is 1. The van der Waals surface area contributed by atoms with Crippen LogP contribution in [0.15, 0.2) is 72.0 Å². The van der Waals surface area contributed by atoms with E-state index in [1.54, 1.807) is 41.4 Å². The average Bonchev–Trinajstić information content (AvgIpc) is 3.52. The van der Waals surface area contributed by atoms with Crippen molar-refractivity contribution in [2.24, 2.45) is 4.99 Å². The maximum Gasteiger partial charge on any atom is 0.252 e. The van der Waals surface area contributed by atoms with Gasteiger partial charge >= 0.3 is 0 Å². The number of aromatic nitrogens is 2. The third kappa shape index (κ3) is 5.09. The summed E-state index contributed by atoms with van der Waals surface area (Å²) in [6.45, 7) is -0.386. The second kappa shape index (κ2) is 10.5. The highest BCUT2D eigenvalue weighted by atomic mass is 19.1. The van der Waals surface area contributed by atoms with E-state index in [4.69, 9.17) is 4.74 Å². The maximum atomic E-state index is 14.9. The molecule has 1 aromatic heterocycles. The first kappa shape index (κ1) is 23.4. The normalized spacial score (nSPS) is 14.9. The van der Waals surface area contributed by atoms with Gasteiger partial charge < -0.3 is 10.1 Å². The number of allylic oxidation sites excluding steroid dienone is 1. The van der Waals surface area contributed by atoms with Gasteiger partial charge in [0, 0.05) is 25.1 Å². The second-order valence-corrected chi connectivity index (χ2v) is 7.78. The van der Waals surface area contributed by atoms with Crippen LogP contribution in [-0.2, 0) is 11.3 Å². The third-order valence-corrected chi connectivity index (χ3v) is 5.62. The van der Waals surface area contributed by atoms with E-state index in [9.17, 15) is 18.0 Å². The number of ether oxygens (including phenoxy) is 1. The molecule has 1 N–H and O–H groups in total. The molecule has 0 unspecified atom stereocenters. The molecule has 0 saturated carbocycles. The Kier molecular flexibility index (Phi) is 7.22. The first-order valence-electron chi connectivity index (χ1n) is 10.7. The van der Waals surface area contributed by atoms with Crippen LogP contribution >= 0.6 is 0 Å². The van der Waals surface area contributed by atoms with Gasteiger partial charge in [-0.3, -0.25) is 14.5 Å². The molecule has 2 heterocycles. The fourth-order valence-electron chi connectivity index (χ4n) is 3.84. The van der Waals surface area contributed by atoms with Crippen LogP contribution in [-0.4, -0.2) is 53.9 Å². The van der Waals surface area contributed by atoms with Gasteiger partial charge in [-0.05, 0) is 47.5 Å². The predicted octanol–water partition coefficient (Wildman–Crippen LogP) is 3.83. The van der Waals surface area contributed by atoms with Crippen molar-refractivity contribution in [1.82, 2.24) is 15.1 Å². The number of methoxy groups -OCH3 is 1. The maximum absolute atomic E-state index is 14.9. The molecule has 3 aromatic rings. The Morgan fingerprint density at radius 2 is 1.97 bits per heavy atom. The van der Waals surface area contributed by atoms with Crippen LogP contribution in [0, 0.1) is 11.6 Å². The molecule has 34 heavy (non-hydrogen) atoms. The fourth-order valence-corrected chi connectivity index (χ4v) is 3.84. The molecule has 2 atom stereocenters. The zero-order chi connectivity index (χ0) is 24.1. The average molecular weight is 468 g/mol. The number of carbonyl (C=O) groups excluding carboxylic acids is 1. The quantitative estimate of drug-likeness (QED) is 0.519. The number of halogens is 3. The Morgan fingerprint density at radius 3 is 2.65 bits per heavy atom. The van der Waals surface area contributed by atoms with Crippen molar-refractivity contribution in [2.45, 2.75) is 18.7 Å². The summed E-state index contributed by atoms with van der Waals surface area (Å²) >= 11 is 0. The Balaban J connectivity index is 1.62. The van der Waals surface area contributed by atoms with E-state index in [2.05, 4.69) is 15.4 Å². The van der Waals surface area contributed by atoms with Gasteiger partial charge in [0.1, 0.15) is 24.4 Å². The smallest absolute Gasteiger partial charge is 0.252 e. The molecule has 176 valence electrons. The van der Waals surface area contributed by atoms with Gasteiger partial charge in [-0.1, -0.05) is 18.2 Å². The van der Waals surface area contributed by atoms with Crippen LogP contribution in [0.25, 0.3) is 5.57 Å². The van der Waals surface area contributed by atoms with Crippen LogP contribution in [0.4, 0.5) is 13.2 Å². The zero-order valence-electron chi connectivity index (χ0n) is 18.4. The Labute approximate surface area is 194 Å². The molecule has 2 aromatic carbocycles. The van der Waals surface area contributed by atoms with Gasteiger partial charge in [0.05, 0.1) is 30.4 Å². The summed E-state index contributed by atoms with van der Waals surface area (Å²) in [6, 6.07) is 11.0. The minimum absolute atomic E-state index is 0.0455. The van der Waals surface area contributed by atoms with Gasteiger partial charge in [-0.2, -0.15) is 5.10 Å². The lowest BCUT2D eigenvalue weighted by molar-refractivity contribution is 0.0393. The summed E-state index contributed by atoms with van der Waals surface area (Å²) in [5.41, 5.74) is 1.95. The van der Waals surface area contributed by atoms with Gasteiger partial charge in [0.2, 0.25) is 0 Å². The summed E-state index contributed by atoms with van der Waals surface area (Å²) in [4.78, 5) is 17.6. The summed E-state index contributed by atoms with van der Waals surface area (Å²) in [5.74, 6) is -1.56. The van der Waals surface area contributed by atoms with Crippen LogP contribution in [0.2, 0.25) is 0 Å². The van der Waals surface area contributed by atoms with Crippen molar-refractivity contribution in [1.29, 1.82) is 0 Å². The molecule has 0 spiro atoms.